The van der Waals surface area contributed by atoms with Gasteiger partial charge in [-0.1, -0.05) is 12.2 Å². The second kappa shape index (κ2) is 4.83. The second-order valence-corrected chi connectivity index (χ2v) is 2.81. The van der Waals surface area contributed by atoms with Crippen molar-refractivity contribution >= 4 is 5.84 Å². The average Bonchev–Trinajstić information content (AvgIpc) is 2.03. The standard InChI is InChI=1S/C9H13F3N2/c1-5-7(6(2)3)14-8(13-4)9(10,11)12/h5H,1H2,2-4H3,(H,13,14). The van der Waals surface area contributed by atoms with Gasteiger partial charge in [0.1, 0.15) is 0 Å². The molecule has 0 saturated heterocycles. The van der Waals surface area contributed by atoms with Crippen LogP contribution in [0.25, 0.3) is 0 Å². The largest absolute Gasteiger partial charge is 0.449 e. The normalized spacial score (nSPS) is 12.3. The zero-order valence-electron chi connectivity index (χ0n) is 8.37. The highest BCUT2D eigenvalue weighted by Crippen LogP contribution is 2.17. The van der Waals surface area contributed by atoms with Gasteiger partial charge in [-0.15, -0.1) is 0 Å². The summed E-state index contributed by atoms with van der Waals surface area (Å²) in [5.74, 6) is -1.02. The molecule has 0 aromatic carbocycles. The number of hydrogen-bond acceptors (Lipinski definition) is 1. The Hall–Kier alpha value is -1.26. The summed E-state index contributed by atoms with van der Waals surface area (Å²) in [6, 6.07) is 0. The zero-order chi connectivity index (χ0) is 11.4. The zero-order valence-corrected chi connectivity index (χ0v) is 8.37. The average molecular weight is 206 g/mol. The first-order chi connectivity index (χ1) is 6.32. The van der Waals surface area contributed by atoms with Crippen LogP contribution in [-0.4, -0.2) is 19.1 Å². The number of halogens is 3. The molecule has 80 valence electrons. The fraction of sp³-hybridized carbons (Fsp3) is 0.444. The monoisotopic (exact) mass is 206 g/mol. The molecule has 0 aromatic rings. The number of hydrogen-bond donors (Lipinski definition) is 1. The van der Waals surface area contributed by atoms with E-state index < -0.39 is 12.0 Å². The minimum atomic E-state index is -4.46. The molecule has 0 spiro atoms. The Labute approximate surface area is 81.2 Å². The smallest absolute Gasteiger partial charge is 0.337 e. The van der Waals surface area contributed by atoms with Crippen molar-refractivity contribution in [1.29, 1.82) is 0 Å². The van der Waals surface area contributed by atoms with Gasteiger partial charge in [0, 0.05) is 12.7 Å². The van der Waals surface area contributed by atoms with Crippen LogP contribution in [-0.2, 0) is 0 Å². The topological polar surface area (TPSA) is 24.4 Å². The Morgan fingerprint density at radius 1 is 1.36 bits per heavy atom. The van der Waals surface area contributed by atoms with Crippen molar-refractivity contribution in [3.63, 3.8) is 0 Å². The molecule has 2 nitrogen and oxygen atoms in total. The van der Waals surface area contributed by atoms with Crippen LogP contribution >= 0.6 is 0 Å². The molecule has 0 radical (unpaired) electrons. The lowest BCUT2D eigenvalue weighted by atomic mass is 10.2. The molecule has 0 unspecified atom stereocenters. The van der Waals surface area contributed by atoms with Crippen LogP contribution in [0.3, 0.4) is 0 Å². The highest BCUT2D eigenvalue weighted by atomic mass is 19.4. The van der Waals surface area contributed by atoms with Crippen molar-refractivity contribution in [2.45, 2.75) is 20.0 Å². The molecule has 0 rings (SSSR count). The van der Waals surface area contributed by atoms with E-state index in [4.69, 9.17) is 0 Å². The Morgan fingerprint density at radius 3 is 2.07 bits per heavy atom. The first kappa shape index (κ1) is 12.7. The Kier molecular flexibility index (Phi) is 4.40. The molecule has 0 fully saturated rings. The number of rotatable bonds is 2. The van der Waals surface area contributed by atoms with Crippen molar-refractivity contribution in [3.8, 4) is 0 Å². The summed E-state index contributed by atoms with van der Waals surface area (Å²) in [5, 5.41) is 2.18. The number of nitrogens with one attached hydrogen (secondary N) is 1. The van der Waals surface area contributed by atoms with E-state index in [1.54, 1.807) is 13.8 Å². The lowest BCUT2D eigenvalue weighted by Crippen LogP contribution is -2.36. The number of aliphatic imine (C=N–C) groups is 1. The molecule has 0 aliphatic heterocycles. The fourth-order valence-corrected chi connectivity index (χ4v) is 0.761. The van der Waals surface area contributed by atoms with E-state index in [2.05, 4.69) is 16.9 Å². The first-order valence-electron chi connectivity index (χ1n) is 3.93. The number of nitrogens with zero attached hydrogens (tertiary/aromatic N) is 1. The van der Waals surface area contributed by atoms with Crippen LogP contribution in [0.15, 0.2) is 28.9 Å². The highest BCUT2D eigenvalue weighted by Gasteiger charge is 2.35. The molecule has 5 heteroatoms. The minimum Gasteiger partial charge on any atom is -0.337 e. The molecule has 0 heterocycles. The van der Waals surface area contributed by atoms with E-state index in [0.29, 0.717) is 11.3 Å². The molecule has 0 atom stereocenters. The maximum Gasteiger partial charge on any atom is 0.449 e. The fourth-order valence-electron chi connectivity index (χ4n) is 0.761. The lowest BCUT2D eigenvalue weighted by molar-refractivity contribution is -0.0613. The third-order valence-corrected chi connectivity index (χ3v) is 1.49. The van der Waals surface area contributed by atoms with Gasteiger partial charge >= 0.3 is 6.18 Å². The van der Waals surface area contributed by atoms with Gasteiger partial charge in [0.05, 0.1) is 0 Å². The van der Waals surface area contributed by atoms with E-state index in [1.807, 2.05) is 0 Å². The number of allylic oxidation sites excluding steroid dienone is 2. The van der Waals surface area contributed by atoms with Crippen LogP contribution in [0.4, 0.5) is 13.2 Å². The van der Waals surface area contributed by atoms with Crippen LogP contribution in [0.5, 0.6) is 0 Å². The maximum atomic E-state index is 12.2. The van der Waals surface area contributed by atoms with Crippen molar-refractivity contribution in [3.05, 3.63) is 23.9 Å². The summed E-state index contributed by atoms with van der Waals surface area (Å²) in [5.41, 5.74) is 1.04. The van der Waals surface area contributed by atoms with Gasteiger partial charge in [0.15, 0.2) is 0 Å². The highest BCUT2D eigenvalue weighted by molar-refractivity contribution is 5.89. The molecule has 0 aliphatic rings. The lowest BCUT2D eigenvalue weighted by Gasteiger charge is -2.13. The van der Waals surface area contributed by atoms with E-state index in [-0.39, 0.29) is 0 Å². The molecule has 0 saturated carbocycles. The third-order valence-electron chi connectivity index (χ3n) is 1.49. The van der Waals surface area contributed by atoms with Gasteiger partial charge in [-0.2, -0.15) is 13.2 Å². The molecule has 0 aliphatic carbocycles. The molecule has 14 heavy (non-hydrogen) atoms. The molecular formula is C9H13F3N2. The van der Waals surface area contributed by atoms with Gasteiger partial charge in [-0.25, -0.2) is 0 Å². The SMILES string of the molecule is C=CC(NC(=NC)C(F)(F)F)=C(C)C. The molecule has 0 bridgehead atoms. The Bertz CT molecular complexity index is 270. The van der Waals surface area contributed by atoms with Gasteiger partial charge in [-0.3, -0.25) is 4.99 Å². The van der Waals surface area contributed by atoms with Crippen molar-refractivity contribution < 1.29 is 13.2 Å². The van der Waals surface area contributed by atoms with Crippen molar-refractivity contribution in [2.75, 3.05) is 7.05 Å². The predicted octanol–water partition coefficient (Wildman–Crippen LogP) is 2.65. The summed E-state index contributed by atoms with van der Waals surface area (Å²) in [6.45, 7) is 6.79. The van der Waals surface area contributed by atoms with Crippen LogP contribution in [0.1, 0.15) is 13.8 Å². The quantitative estimate of drug-likeness (QED) is 0.419. The van der Waals surface area contributed by atoms with Gasteiger partial charge in [0.2, 0.25) is 5.84 Å². The first-order valence-corrected chi connectivity index (χ1v) is 3.93. The summed E-state index contributed by atoms with van der Waals surface area (Å²) >= 11 is 0. The molecular weight excluding hydrogens is 193 g/mol. The summed E-state index contributed by atoms with van der Waals surface area (Å²) < 4.78 is 36.7. The van der Waals surface area contributed by atoms with Gasteiger partial charge < -0.3 is 5.32 Å². The van der Waals surface area contributed by atoms with E-state index in [1.165, 1.54) is 6.08 Å². The van der Waals surface area contributed by atoms with Crippen LogP contribution < -0.4 is 5.32 Å². The summed E-state index contributed by atoms with van der Waals surface area (Å²) in [4.78, 5) is 3.13. The maximum absolute atomic E-state index is 12.2. The van der Waals surface area contributed by atoms with Crippen LogP contribution in [0.2, 0.25) is 0 Å². The van der Waals surface area contributed by atoms with E-state index >= 15 is 0 Å². The molecule has 0 aromatic heterocycles. The minimum absolute atomic E-state index is 0.322. The second-order valence-electron chi connectivity index (χ2n) is 2.81. The van der Waals surface area contributed by atoms with Crippen molar-refractivity contribution in [1.82, 2.24) is 5.32 Å². The number of amidine groups is 1. The van der Waals surface area contributed by atoms with Crippen molar-refractivity contribution in [2.24, 2.45) is 4.99 Å². The predicted molar refractivity (Wildman–Crippen MR) is 51.1 cm³/mol. The summed E-state index contributed by atoms with van der Waals surface area (Å²) in [7, 11) is 1.08. The van der Waals surface area contributed by atoms with Crippen LogP contribution in [0, 0.1) is 0 Å². The Balaban J connectivity index is 4.83. The molecule has 1 N–H and O–H groups in total. The van der Waals surface area contributed by atoms with E-state index in [0.717, 1.165) is 7.05 Å². The Morgan fingerprint density at radius 2 is 1.86 bits per heavy atom. The third kappa shape index (κ3) is 3.64. The van der Waals surface area contributed by atoms with Gasteiger partial charge in [0.25, 0.3) is 0 Å². The van der Waals surface area contributed by atoms with Gasteiger partial charge in [-0.05, 0) is 19.9 Å². The molecule has 0 amide bonds. The number of alkyl halides is 3. The summed E-state index contributed by atoms with van der Waals surface area (Å²) in [6.07, 6.45) is -3.13. The van der Waals surface area contributed by atoms with E-state index in [9.17, 15) is 13.2 Å².